The lowest BCUT2D eigenvalue weighted by Gasteiger charge is -1.88. The Balaban J connectivity index is 2.31. The summed E-state index contributed by atoms with van der Waals surface area (Å²) in [5.74, 6) is -0.146. The molecule has 0 aliphatic heterocycles. The molecule has 0 atom stereocenters. The van der Waals surface area contributed by atoms with Crippen LogP contribution in [0.3, 0.4) is 0 Å². The molecule has 0 bridgehead atoms. The first-order valence-electron chi connectivity index (χ1n) is 4.01. The van der Waals surface area contributed by atoms with Crippen LogP contribution in [0.25, 0.3) is 9.88 Å². The molecule has 2 rings (SSSR count). The van der Waals surface area contributed by atoms with E-state index < -0.39 is 0 Å². The van der Waals surface area contributed by atoms with Crippen molar-refractivity contribution in [3.8, 4) is 9.88 Å². The van der Waals surface area contributed by atoms with Crippen LogP contribution in [-0.2, 0) is 0 Å². The summed E-state index contributed by atoms with van der Waals surface area (Å²) in [6.45, 7) is 0. The van der Waals surface area contributed by atoms with Gasteiger partial charge in [0.15, 0.2) is 5.78 Å². The number of thiophene rings is 1. The summed E-state index contributed by atoms with van der Waals surface area (Å²) in [7, 11) is 0. The van der Waals surface area contributed by atoms with Crippen LogP contribution in [-0.4, -0.2) is 16.6 Å². The summed E-state index contributed by atoms with van der Waals surface area (Å²) in [5.41, 5.74) is 0.453. The maximum Gasteiger partial charge on any atom is 0.196 e. The molecule has 0 spiro atoms. The molecule has 78 valence electrons. The van der Waals surface area contributed by atoms with Gasteiger partial charge in [0.05, 0.1) is 14.5 Å². The van der Waals surface area contributed by atoms with Gasteiger partial charge in [-0.05, 0) is 28.1 Å². The van der Waals surface area contributed by atoms with Gasteiger partial charge in [-0.25, -0.2) is 4.98 Å². The maximum atomic E-state index is 11.3. The second kappa shape index (κ2) is 4.74. The minimum atomic E-state index is -0.130. The largest absolute Gasteiger partial charge is 0.291 e. The highest BCUT2D eigenvalue weighted by molar-refractivity contribution is 9.11. The number of Topliss-reactive ketones (excluding diaryl/α,β-unsaturated/α-hetero) is 1. The first-order chi connectivity index (χ1) is 7.20. The zero-order valence-electron chi connectivity index (χ0n) is 7.37. The van der Waals surface area contributed by atoms with Crippen molar-refractivity contribution in [2.24, 2.45) is 0 Å². The number of hydrogen-bond acceptors (Lipinski definition) is 4. The minimum Gasteiger partial charge on any atom is -0.291 e. The number of rotatable bonds is 3. The van der Waals surface area contributed by atoms with E-state index >= 15 is 0 Å². The van der Waals surface area contributed by atoms with E-state index in [-0.39, 0.29) is 11.7 Å². The Hall–Kier alpha value is -0.230. The van der Waals surface area contributed by atoms with Crippen LogP contribution >= 0.6 is 50.2 Å². The van der Waals surface area contributed by atoms with E-state index in [1.807, 2.05) is 12.1 Å². The van der Waals surface area contributed by atoms with E-state index in [9.17, 15) is 4.79 Å². The lowest BCUT2D eigenvalue weighted by Crippen LogP contribution is -1.99. The number of carbonyl (C=O) groups is 1. The van der Waals surface area contributed by atoms with E-state index in [0.29, 0.717) is 5.69 Å². The fraction of sp³-hybridized carbons (Fsp3) is 0.111. The molecule has 0 amide bonds. The van der Waals surface area contributed by atoms with Crippen LogP contribution in [0.4, 0.5) is 0 Å². The van der Waals surface area contributed by atoms with Gasteiger partial charge in [0, 0.05) is 5.38 Å². The highest BCUT2D eigenvalue weighted by atomic mass is 79.9. The van der Waals surface area contributed by atoms with Crippen LogP contribution in [0.2, 0.25) is 0 Å². The zero-order chi connectivity index (χ0) is 10.8. The first-order valence-corrected chi connectivity index (χ1v) is 7.03. The third-order valence-electron chi connectivity index (χ3n) is 1.70. The maximum absolute atomic E-state index is 11.3. The fourth-order valence-electron chi connectivity index (χ4n) is 1.01. The molecular weight excluding hydrogens is 318 g/mol. The van der Waals surface area contributed by atoms with Crippen molar-refractivity contribution in [3.05, 3.63) is 27.0 Å². The molecule has 2 heterocycles. The average molecular weight is 323 g/mol. The molecule has 6 heteroatoms. The van der Waals surface area contributed by atoms with Gasteiger partial charge < -0.3 is 0 Å². The summed E-state index contributed by atoms with van der Waals surface area (Å²) in [5, 5.41) is 2.60. The second-order valence-corrected chi connectivity index (χ2v) is 6.29. The summed E-state index contributed by atoms with van der Waals surface area (Å²) in [4.78, 5) is 16.6. The van der Waals surface area contributed by atoms with Gasteiger partial charge >= 0.3 is 0 Å². The third-order valence-corrected chi connectivity index (χ3v) is 4.57. The Kier molecular flexibility index (Phi) is 3.56. The van der Waals surface area contributed by atoms with Gasteiger partial charge in [0.25, 0.3) is 0 Å². The Morgan fingerprint density at radius 3 is 2.93 bits per heavy atom. The molecule has 0 aliphatic carbocycles. The van der Waals surface area contributed by atoms with E-state index in [4.69, 9.17) is 11.6 Å². The molecule has 0 fully saturated rings. The number of thiazole rings is 1. The molecule has 0 aliphatic rings. The van der Waals surface area contributed by atoms with Crippen molar-refractivity contribution in [3.63, 3.8) is 0 Å². The number of carbonyl (C=O) groups excluding carboxylic acids is 1. The molecule has 0 saturated carbocycles. The van der Waals surface area contributed by atoms with Crippen molar-refractivity contribution >= 4 is 56.0 Å². The highest BCUT2D eigenvalue weighted by Gasteiger charge is 2.11. The van der Waals surface area contributed by atoms with E-state index in [2.05, 4.69) is 20.9 Å². The molecule has 0 N–H and O–H groups in total. The molecular formula is C9H5BrClNOS2. The molecule has 0 radical (unpaired) electrons. The lowest BCUT2D eigenvalue weighted by atomic mass is 10.3. The lowest BCUT2D eigenvalue weighted by molar-refractivity contribution is 0.101. The molecule has 2 nitrogen and oxygen atoms in total. The number of nitrogens with zero attached hydrogens (tertiary/aromatic N) is 1. The minimum absolute atomic E-state index is 0.0166. The van der Waals surface area contributed by atoms with Gasteiger partial charge in [-0.15, -0.1) is 34.3 Å². The van der Waals surface area contributed by atoms with Gasteiger partial charge in [-0.3, -0.25) is 4.79 Å². The Labute approximate surface area is 108 Å². The highest BCUT2D eigenvalue weighted by Crippen LogP contribution is 2.33. The van der Waals surface area contributed by atoms with Crippen LogP contribution in [0, 0.1) is 0 Å². The topological polar surface area (TPSA) is 30.0 Å². The van der Waals surface area contributed by atoms with E-state index in [1.54, 1.807) is 16.7 Å². The fourth-order valence-corrected chi connectivity index (χ4v) is 3.43. The molecule has 2 aromatic rings. The summed E-state index contributed by atoms with van der Waals surface area (Å²) in [6.07, 6.45) is 0. The molecule has 0 saturated heterocycles. The molecule has 0 unspecified atom stereocenters. The molecule has 2 aromatic heterocycles. The van der Waals surface area contributed by atoms with Gasteiger partial charge in [0.1, 0.15) is 10.7 Å². The predicted molar refractivity (Wildman–Crippen MR) is 68.2 cm³/mol. The Morgan fingerprint density at radius 2 is 2.33 bits per heavy atom. The number of hydrogen-bond donors (Lipinski definition) is 0. The number of halogens is 2. The van der Waals surface area contributed by atoms with Crippen molar-refractivity contribution in [1.29, 1.82) is 0 Å². The van der Waals surface area contributed by atoms with Gasteiger partial charge in [0.2, 0.25) is 0 Å². The van der Waals surface area contributed by atoms with Crippen molar-refractivity contribution in [2.45, 2.75) is 0 Å². The van der Waals surface area contributed by atoms with Crippen molar-refractivity contribution in [2.75, 3.05) is 5.88 Å². The van der Waals surface area contributed by atoms with Crippen LogP contribution in [0.1, 0.15) is 10.5 Å². The van der Waals surface area contributed by atoms with Gasteiger partial charge in [-0.1, -0.05) is 0 Å². The Morgan fingerprint density at radius 1 is 1.53 bits per heavy atom. The van der Waals surface area contributed by atoms with E-state index in [0.717, 1.165) is 13.7 Å². The monoisotopic (exact) mass is 321 g/mol. The number of ketones is 1. The SMILES string of the molecule is O=C(CCl)c1csc(-c2ccc(Br)s2)n1. The standard InChI is InChI=1S/C9H5BrClNOS2/c10-8-2-1-7(15-8)9-12-5(4-14-9)6(13)3-11/h1-2,4H,3H2. The third kappa shape index (κ3) is 2.47. The van der Waals surface area contributed by atoms with E-state index in [1.165, 1.54) is 11.3 Å². The van der Waals surface area contributed by atoms with Gasteiger partial charge in [-0.2, -0.15) is 0 Å². The predicted octanol–water partition coefficient (Wildman–Crippen LogP) is 4.06. The summed E-state index contributed by atoms with van der Waals surface area (Å²) >= 11 is 11.9. The summed E-state index contributed by atoms with van der Waals surface area (Å²) < 4.78 is 1.05. The van der Waals surface area contributed by atoms with Crippen molar-refractivity contribution < 1.29 is 4.79 Å². The van der Waals surface area contributed by atoms with Crippen molar-refractivity contribution in [1.82, 2.24) is 4.98 Å². The summed E-state index contributed by atoms with van der Waals surface area (Å²) in [6, 6.07) is 3.94. The quantitative estimate of drug-likeness (QED) is 0.630. The Bertz CT molecular complexity index is 494. The molecule has 15 heavy (non-hydrogen) atoms. The smallest absolute Gasteiger partial charge is 0.196 e. The van der Waals surface area contributed by atoms with Crippen LogP contribution < -0.4 is 0 Å². The second-order valence-electron chi connectivity index (χ2n) is 2.70. The zero-order valence-corrected chi connectivity index (χ0v) is 11.3. The van der Waals surface area contributed by atoms with Crippen LogP contribution in [0.15, 0.2) is 21.3 Å². The first kappa shape index (κ1) is 11.3. The molecule has 0 aromatic carbocycles. The normalized spacial score (nSPS) is 10.5. The van der Waals surface area contributed by atoms with Crippen LogP contribution in [0.5, 0.6) is 0 Å². The average Bonchev–Trinajstić information content (AvgIpc) is 2.84. The number of aromatic nitrogens is 1. The number of alkyl halides is 1.